The number of ether oxygens (including phenoxy) is 3. The third-order valence-corrected chi connectivity index (χ3v) is 4.11. The zero-order valence-electron chi connectivity index (χ0n) is 15.6. The molecule has 7 nitrogen and oxygen atoms in total. The van der Waals surface area contributed by atoms with E-state index in [1.54, 1.807) is 30.3 Å². The average molecular weight is 386 g/mol. The van der Waals surface area contributed by atoms with Gasteiger partial charge >= 0.3 is 0 Å². The Labute approximate surface area is 161 Å². The Morgan fingerprint density at radius 2 is 1.71 bits per heavy atom. The van der Waals surface area contributed by atoms with Crippen molar-refractivity contribution in [3.05, 3.63) is 59.5 Å². The van der Waals surface area contributed by atoms with Gasteiger partial charge in [-0.25, -0.2) is 4.39 Å². The van der Waals surface area contributed by atoms with Crippen molar-refractivity contribution >= 4 is 5.91 Å². The molecule has 0 radical (unpaired) electrons. The van der Waals surface area contributed by atoms with Gasteiger partial charge in [-0.15, -0.1) is 0 Å². The molecule has 0 atom stereocenters. The summed E-state index contributed by atoms with van der Waals surface area (Å²) in [5.74, 6) is 0.803. The third-order valence-electron chi connectivity index (χ3n) is 4.11. The van der Waals surface area contributed by atoms with Crippen LogP contribution in [0.15, 0.2) is 47.0 Å². The lowest BCUT2D eigenvalue weighted by Crippen LogP contribution is -2.23. The molecule has 0 saturated heterocycles. The lowest BCUT2D eigenvalue weighted by Gasteiger charge is -2.14. The van der Waals surface area contributed by atoms with Crippen LogP contribution >= 0.6 is 0 Å². The number of aromatic nitrogens is 1. The first-order valence-corrected chi connectivity index (χ1v) is 8.36. The molecule has 3 rings (SSSR count). The summed E-state index contributed by atoms with van der Waals surface area (Å²) >= 11 is 0. The number of halogens is 1. The number of amides is 1. The van der Waals surface area contributed by atoms with Gasteiger partial charge in [-0.3, -0.25) is 4.79 Å². The van der Waals surface area contributed by atoms with E-state index in [9.17, 15) is 9.18 Å². The first-order valence-electron chi connectivity index (χ1n) is 8.36. The minimum absolute atomic E-state index is 0.0395. The number of carbonyl (C=O) groups is 1. The molecule has 2 aromatic carbocycles. The van der Waals surface area contributed by atoms with Crippen LogP contribution in [0.5, 0.6) is 17.2 Å². The van der Waals surface area contributed by atoms with Crippen LogP contribution in [0.25, 0.3) is 11.3 Å². The molecule has 0 spiro atoms. The summed E-state index contributed by atoms with van der Waals surface area (Å²) in [5, 5.41) is 6.45. The molecule has 1 heterocycles. The molecule has 1 N–H and O–H groups in total. The van der Waals surface area contributed by atoms with Crippen molar-refractivity contribution in [1.82, 2.24) is 10.5 Å². The Hall–Kier alpha value is -3.55. The number of benzene rings is 2. The molecule has 0 saturated carbocycles. The van der Waals surface area contributed by atoms with E-state index >= 15 is 0 Å². The van der Waals surface area contributed by atoms with Gasteiger partial charge in [0, 0.05) is 24.2 Å². The number of methoxy groups -OCH3 is 3. The van der Waals surface area contributed by atoms with Crippen molar-refractivity contribution in [1.29, 1.82) is 0 Å². The second-order valence-corrected chi connectivity index (χ2v) is 5.76. The average Bonchev–Trinajstić information content (AvgIpc) is 3.21. The molecule has 0 aliphatic heterocycles. The summed E-state index contributed by atoms with van der Waals surface area (Å²) in [6.07, 6.45) is 0. The van der Waals surface area contributed by atoms with Crippen LogP contribution in [-0.4, -0.2) is 32.4 Å². The maximum atomic E-state index is 13.8. The standard InChI is InChI=1S/C20H19FN2O5/c1-25-16-10-19(27-3)18(26-2)8-12(16)11-22-20(24)15-9-17(28-23-15)13-6-4-5-7-14(13)21/h4-10H,11H2,1-3H3,(H,22,24). The summed E-state index contributed by atoms with van der Waals surface area (Å²) in [5.41, 5.74) is 0.958. The maximum absolute atomic E-state index is 13.8. The van der Waals surface area contributed by atoms with Crippen molar-refractivity contribution in [3.63, 3.8) is 0 Å². The lowest BCUT2D eigenvalue weighted by molar-refractivity contribution is 0.0941. The minimum atomic E-state index is -0.469. The normalized spacial score (nSPS) is 10.4. The molecule has 0 aliphatic rings. The van der Waals surface area contributed by atoms with E-state index in [0.717, 1.165) is 0 Å². The van der Waals surface area contributed by atoms with Gasteiger partial charge in [-0.05, 0) is 18.2 Å². The van der Waals surface area contributed by atoms with E-state index in [1.807, 2.05) is 0 Å². The molecular formula is C20H19FN2O5. The highest BCUT2D eigenvalue weighted by Crippen LogP contribution is 2.34. The maximum Gasteiger partial charge on any atom is 0.273 e. The van der Waals surface area contributed by atoms with E-state index in [-0.39, 0.29) is 23.6 Å². The fourth-order valence-electron chi connectivity index (χ4n) is 2.67. The summed E-state index contributed by atoms with van der Waals surface area (Å²) in [6, 6.07) is 10.9. The molecule has 1 amide bonds. The van der Waals surface area contributed by atoms with Crippen LogP contribution in [0.2, 0.25) is 0 Å². The van der Waals surface area contributed by atoms with Gasteiger partial charge in [-0.2, -0.15) is 0 Å². The van der Waals surface area contributed by atoms with Gasteiger partial charge < -0.3 is 24.1 Å². The molecule has 146 valence electrons. The summed E-state index contributed by atoms with van der Waals surface area (Å²) in [4.78, 5) is 12.4. The Morgan fingerprint density at radius 3 is 2.39 bits per heavy atom. The van der Waals surface area contributed by atoms with Crippen molar-refractivity contribution in [2.24, 2.45) is 0 Å². The van der Waals surface area contributed by atoms with Gasteiger partial charge in [0.1, 0.15) is 11.6 Å². The number of nitrogens with one attached hydrogen (secondary N) is 1. The van der Waals surface area contributed by atoms with Crippen molar-refractivity contribution in [3.8, 4) is 28.6 Å². The quantitative estimate of drug-likeness (QED) is 0.670. The van der Waals surface area contributed by atoms with E-state index < -0.39 is 11.7 Å². The van der Waals surface area contributed by atoms with E-state index in [1.165, 1.54) is 33.5 Å². The molecule has 8 heteroatoms. The fraction of sp³-hybridized carbons (Fsp3) is 0.200. The summed E-state index contributed by atoms with van der Waals surface area (Å²) in [7, 11) is 4.56. The predicted molar refractivity (Wildman–Crippen MR) is 99.2 cm³/mol. The lowest BCUT2D eigenvalue weighted by atomic mass is 10.1. The predicted octanol–water partition coefficient (Wildman–Crippen LogP) is 3.44. The second-order valence-electron chi connectivity index (χ2n) is 5.76. The number of hydrogen-bond donors (Lipinski definition) is 1. The highest BCUT2D eigenvalue weighted by molar-refractivity contribution is 5.93. The zero-order valence-corrected chi connectivity index (χ0v) is 15.6. The molecule has 3 aromatic rings. The SMILES string of the molecule is COc1cc(OC)c(OC)cc1CNC(=O)c1cc(-c2ccccc2F)on1. The Kier molecular flexibility index (Phi) is 5.78. The van der Waals surface area contributed by atoms with Crippen LogP contribution < -0.4 is 19.5 Å². The Morgan fingerprint density at radius 1 is 1.04 bits per heavy atom. The van der Waals surface area contributed by atoms with Crippen LogP contribution in [0, 0.1) is 5.82 Å². The largest absolute Gasteiger partial charge is 0.496 e. The van der Waals surface area contributed by atoms with Gasteiger partial charge in [0.15, 0.2) is 23.0 Å². The highest BCUT2D eigenvalue weighted by Gasteiger charge is 2.17. The third kappa shape index (κ3) is 3.90. The molecule has 1 aromatic heterocycles. The van der Waals surface area contributed by atoms with Gasteiger partial charge in [0.05, 0.1) is 26.9 Å². The fourth-order valence-corrected chi connectivity index (χ4v) is 2.67. The summed E-state index contributed by atoms with van der Waals surface area (Å²) < 4.78 is 34.8. The minimum Gasteiger partial charge on any atom is -0.496 e. The van der Waals surface area contributed by atoms with Crippen molar-refractivity contribution < 1.29 is 27.9 Å². The topological polar surface area (TPSA) is 82.8 Å². The number of nitrogens with zero attached hydrogens (tertiary/aromatic N) is 1. The number of rotatable bonds is 7. The number of hydrogen-bond acceptors (Lipinski definition) is 6. The van der Waals surface area contributed by atoms with Crippen LogP contribution in [-0.2, 0) is 6.54 Å². The molecule has 0 fully saturated rings. The van der Waals surface area contributed by atoms with E-state index in [2.05, 4.69) is 10.5 Å². The highest BCUT2D eigenvalue weighted by atomic mass is 19.1. The second kappa shape index (κ2) is 8.43. The van der Waals surface area contributed by atoms with Gasteiger partial charge in [0.2, 0.25) is 0 Å². The number of carbonyl (C=O) groups excluding carboxylic acids is 1. The molecule has 0 bridgehead atoms. The van der Waals surface area contributed by atoms with Crippen LogP contribution in [0.4, 0.5) is 4.39 Å². The summed E-state index contributed by atoms with van der Waals surface area (Å²) in [6.45, 7) is 0.157. The Bertz CT molecular complexity index is 986. The van der Waals surface area contributed by atoms with Crippen LogP contribution in [0.3, 0.4) is 0 Å². The molecule has 28 heavy (non-hydrogen) atoms. The van der Waals surface area contributed by atoms with Crippen molar-refractivity contribution in [2.75, 3.05) is 21.3 Å². The van der Waals surface area contributed by atoms with Crippen molar-refractivity contribution in [2.45, 2.75) is 6.54 Å². The molecule has 0 unspecified atom stereocenters. The monoisotopic (exact) mass is 386 g/mol. The first-order chi connectivity index (χ1) is 13.6. The van der Waals surface area contributed by atoms with E-state index in [0.29, 0.717) is 22.8 Å². The smallest absolute Gasteiger partial charge is 0.273 e. The zero-order chi connectivity index (χ0) is 20.1. The first kappa shape index (κ1) is 19.2. The Balaban J connectivity index is 1.75. The molecular weight excluding hydrogens is 367 g/mol. The van der Waals surface area contributed by atoms with Gasteiger partial charge in [-0.1, -0.05) is 17.3 Å². The van der Waals surface area contributed by atoms with Crippen LogP contribution in [0.1, 0.15) is 16.1 Å². The van der Waals surface area contributed by atoms with E-state index in [4.69, 9.17) is 18.7 Å². The molecule has 0 aliphatic carbocycles. The van der Waals surface area contributed by atoms with Gasteiger partial charge in [0.25, 0.3) is 5.91 Å².